The molecule has 2 fully saturated rings. The van der Waals surface area contributed by atoms with Crippen LogP contribution in [0.25, 0.3) is 0 Å². The average molecular weight is 281 g/mol. The number of rotatable bonds is 7. The van der Waals surface area contributed by atoms with E-state index < -0.39 is 11.4 Å². The normalized spacial score (nSPS) is 25.1. The molecule has 20 heavy (non-hydrogen) atoms. The summed E-state index contributed by atoms with van der Waals surface area (Å²) < 4.78 is 0. The molecule has 0 bridgehead atoms. The van der Waals surface area contributed by atoms with Gasteiger partial charge in [-0.1, -0.05) is 46.0 Å². The topological polar surface area (TPSA) is 40.5 Å². The summed E-state index contributed by atoms with van der Waals surface area (Å²) in [4.78, 5) is 14.2. The lowest BCUT2D eigenvalue weighted by Crippen LogP contribution is -2.60. The molecule has 116 valence electrons. The lowest BCUT2D eigenvalue weighted by atomic mass is 9.69. The first-order valence-corrected chi connectivity index (χ1v) is 8.52. The van der Waals surface area contributed by atoms with E-state index >= 15 is 0 Å². The Balaban J connectivity index is 1.92. The van der Waals surface area contributed by atoms with Gasteiger partial charge in [0.15, 0.2) is 0 Å². The predicted octanol–water partition coefficient (Wildman–Crippen LogP) is 3.92. The molecule has 1 saturated heterocycles. The van der Waals surface area contributed by atoms with Crippen molar-refractivity contribution in [2.45, 2.75) is 71.6 Å². The van der Waals surface area contributed by atoms with E-state index in [1.54, 1.807) is 0 Å². The number of likely N-dealkylation sites (tertiary alicyclic amines) is 1. The van der Waals surface area contributed by atoms with Crippen LogP contribution in [0.4, 0.5) is 0 Å². The van der Waals surface area contributed by atoms with E-state index in [1.807, 2.05) is 0 Å². The smallest absolute Gasteiger partial charge is 0.310 e. The van der Waals surface area contributed by atoms with Gasteiger partial charge in [0.1, 0.15) is 0 Å². The highest BCUT2D eigenvalue weighted by Gasteiger charge is 2.47. The molecule has 3 nitrogen and oxygen atoms in total. The zero-order chi connectivity index (χ0) is 14.6. The van der Waals surface area contributed by atoms with Crippen molar-refractivity contribution in [2.75, 3.05) is 19.6 Å². The molecule has 0 aromatic rings. The molecular formula is C17H31NO2. The van der Waals surface area contributed by atoms with Crippen molar-refractivity contribution in [3.63, 3.8) is 0 Å². The largest absolute Gasteiger partial charge is 0.481 e. The summed E-state index contributed by atoms with van der Waals surface area (Å²) in [5, 5.41) is 9.67. The number of nitrogens with zero attached hydrogens (tertiary/aromatic N) is 1. The molecule has 2 aliphatic rings. The fourth-order valence-electron chi connectivity index (χ4n) is 4.61. The van der Waals surface area contributed by atoms with E-state index in [2.05, 4.69) is 18.7 Å². The van der Waals surface area contributed by atoms with Crippen LogP contribution in [0.1, 0.15) is 71.6 Å². The van der Waals surface area contributed by atoms with Crippen molar-refractivity contribution < 1.29 is 9.90 Å². The first kappa shape index (κ1) is 15.8. The lowest BCUT2D eigenvalue weighted by Gasteiger charge is -2.53. The zero-order valence-electron chi connectivity index (χ0n) is 13.3. The summed E-state index contributed by atoms with van der Waals surface area (Å²) in [7, 11) is 0. The molecule has 3 heteroatoms. The molecule has 0 aromatic heterocycles. The Morgan fingerprint density at radius 2 is 1.60 bits per heavy atom. The molecule has 1 heterocycles. The lowest BCUT2D eigenvalue weighted by molar-refractivity contribution is -0.155. The first-order chi connectivity index (χ1) is 9.56. The first-order valence-electron chi connectivity index (χ1n) is 8.52. The standard InChI is InChI=1S/C17H31NO2/c1-3-8-16(9-4-2)12-18(13-16)14-17(15(19)20)10-6-5-7-11-17/h3-14H2,1-2H3,(H,19,20). The number of carboxylic acid groups (broad SMARTS) is 1. The maximum absolute atomic E-state index is 11.7. The maximum atomic E-state index is 11.7. The van der Waals surface area contributed by atoms with E-state index in [0.717, 1.165) is 45.3 Å². The SMILES string of the molecule is CCCC1(CCC)CN(CC2(C(=O)O)CCCCC2)C1. The Bertz CT molecular complexity index is 320. The van der Waals surface area contributed by atoms with Crippen LogP contribution in [0.15, 0.2) is 0 Å². The van der Waals surface area contributed by atoms with Gasteiger partial charge in [-0.3, -0.25) is 4.79 Å². The molecule has 1 N–H and O–H groups in total. The van der Waals surface area contributed by atoms with Crippen LogP contribution in [-0.2, 0) is 4.79 Å². The van der Waals surface area contributed by atoms with Crippen LogP contribution < -0.4 is 0 Å². The van der Waals surface area contributed by atoms with Crippen LogP contribution in [0.3, 0.4) is 0 Å². The van der Waals surface area contributed by atoms with Crippen LogP contribution in [0, 0.1) is 10.8 Å². The Morgan fingerprint density at radius 1 is 1.05 bits per heavy atom. The molecule has 0 atom stereocenters. The molecule has 2 rings (SSSR count). The molecule has 1 aliphatic heterocycles. The summed E-state index contributed by atoms with van der Waals surface area (Å²) in [6.07, 6.45) is 10.3. The Kier molecular flexibility index (Phi) is 5.11. The van der Waals surface area contributed by atoms with Gasteiger partial charge in [-0.25, -0.2) is 0 Å². The molecular weight excluding hydrogens is 250 g/mol. The van der Waals surface area contributed by atoms with Crippen LogP contribution >= 0.6 is 0 Å². The summed E-state index contributed by atoms with van der Waals surface area (Å²) >= 11 is 0. The van der Waals surface area contributed by atoms with Gasteiger partial charge in [-0.05, 0) is 31.1 Å². The molecule has 0 radical (unpaired) electrons. The minimum Gasteiger partial charge on any atom is -0.481 e. The molecule has 0 spiro atoms. The second-order valence-electron chi connectivity index (χ2n) is 7.29. The molecule has 0 aromatic carbocycles. The molecule has 1 saturated carbocycles. The van der Waals surface area contributed by atoms with Crippen LogP contribution in [0.5, 0.6) is 0 Å². The third-order valence-corrected chi connectivity index (χ3v) is 5.47. The van der Waals surface area contributed by atoms with Gasteiger partial charge in [0.25, 0.3) is 0 Å². The summed E-state index contributed by atoms with van der Waals surface area (Å²) in [6.45, 7) is 7.57. The van der Waals surface area contributed by atoms with E-state index in [0.29, 0.717) is 5.41 Å². The number of carbonyl (C=O) groups is 1. The highest BCUT2D eigenvalue weighted by Crippen LogP contribution is 2.44. The fourth-order valence-corrected chi connectivity index (χ4v) is 4.61. The predicted molar refractivity (Wildman–Crippen MR) is 81.8 cm³/mol. The minimum atomic E-state index is -0.555. The highest BCUT2D eigenvalue weighted by molar-refractivity contribution is 5.75. The van der Waals surface area contributed by atoms with Gasteiger partial charge < -0.3 is 10.0 Å². The van der Waals surface area contributed by atoms with Crippen molar-refractivity contribution in [2.24, 2.45) is 10.8 Å². The molecule has 0 unspecified atom stereocenters. The quantitative estimate of drug-likeness (QED) is 0.769. The van der Waals surface area contributed by atoms with Crippen molar-refractivity contribution in [1.29, 1.82) is 0 Å². The number of hydrogen-bond acceptors (Lipinski definition) is 2. The van der Waals surface area contributed by atoms with Crippen LogP contribution in [-0.4, -0.2) is 35.6 Å². The van der Waals surface area contributed by atoms with Gasteiger partial charge in [0.05, 0.1) is 5.41 Å². The summed E-state index contributed by atoms with van der Waals surface area (Å²) in [5.74, 6) is -0.555. The van der Waals surface area contributed by atoms with Crippen molar-refractivity contribution in [1.82, 2.24) is 4.90 Å². The Hall–Kier alpha value is -0.570. The van der Waals surface area contributed by atoms with Gasteiger partial charge >= 0.3 is 5.97 Å². The zero-order valence-corrected chi connectivity index (χ0v) is 13.3. The Morgan fingerprint density at radius 3 is 2.05 bits per heavy atom. The van der Waals surface area contributed by atoms with Gasteiger partial charge in [0, 0.05) is 19.6 Å². The maximum Gasteiger partial charge on any atom is 0.310 e. The van der Waals surface area contributed by atoms with Crippen LogP contribution in [0.2, 0.25) is 0 Å². The second kappa shape index (κ2) is 6.46. The summed E-state index contributed by atoms with van der Waals surface area (Å²) in [5.41, 5.74) is 0.0562. The van der Waals surface area contributed by atoms with Gasteiger partial charge in [-0.15, -0.1) is 0 Å². The molecule has 1 aliphatic carbocycles. The molecule has 0 amide bonds. The Labute approximate surface area is 123 Å². The van der Waals surface area contributed by atoms with E-state index in [1.165, 1.54) is 32.1 Å². The average Bonchev–Trinajstić information content (AvgIpc) is 2.38. The monoisotopic (exact) mass is 281 g/mol. The third kappa shape index (κ3) is 3.19. The number of hydrogen-bond donors (Lipinski definition) is 1. The van der Waals surface area contributed by atoms with Crippen molar-refractivity contribution in [3.05, 3.63) is 0 Å². The van der Waals surface area contributed by atoms with Crippen molar-refractivity contribution >= 4 is 5.97 Å². The third-order valence-electron chi connectivity index (χ3n) is 5.47. The highest BCUT2D eigenvalue weighted by atomic mass is 16.4. The van der Waals surface area contributed by atoms with E-state index in [9.17, 15) is 9.90 Å². The number of aliphatic carboxylic acids is 1. The van der Waals surface area contributed by atoms with Gasteiger partial charge in [-0.2, -0.15) is 0 Å². The van der Waals surface area contributed by atoms with Crippen molar-refractivity contribution in [3.8, 4) is 0 Å². The fraction of sp³-hybridized carbons (Fsp3) is 0.941. The van der Waals surface area contributed by atoms with E-state index in [4.69, 9.17) is 0 Å². The minimum absolute atomic E-state index is 0.442. The van der Waals surface area contributed by atoms with Gasteiger partial charge in [0.2, 0.25) is 0 Å². The van der Waals surface area contributed by atoms with E-state index in [-0.39, 0.29) is 0 Å². The summed E-state index contributed by atoms with van der Waals surface area (Å²) in [6, 6.07) is 0. The number of carboxylic acids is 1. The second-order valence-corrected chi connectivity index (χ2v) is 7.29.